The number of hydrogen-bond acceptors (Lipinski definition) is 2. The number of fused-ring (bicyclic) bond motifs is 1. The van der Waals surface area contributed by atoms with Gasteiger partial charge >= 0.3 is 0 Å². The van der Waals surface area contributed by atoms with Crippen LogP contribution in [0.25, 0.3) is 10.9 Å². The summed E-state index contributed by atoms with van der Waals surface area (Å²) < 4.78 is 2.09. The largest absolute Gasteiger partial charge is 0.330 e. The van der Waals surface area contributed by atoms with Crippen molar-refractivity contribution in [1.82, 2.24) is 9.78 Å². The first-order valence-corrected chi connectivity index (χ1v) is 6.72. The molecule has 2 aromatic rings. The maximum Gasteiger partial charge on any atom is 0.0708 e. The SMILES string of the molecule is CCn1nc(CC(C)(C)CCN)c2ccccc21. The molecular weight excluding hydrogens is 222 g/mol. The van der Waals surface area contributed by atoms with Crippen molar-refractivity contribution >= 4 is 10.9 Å². The van der Waals surface area contributed by atoms with Crippen LogP contribution < -0.4 is 5.73 Å². The number of hydrogen-bond donors (Lipinski definition) is 1. The molecule has 1 aromatic carbocycles. The van der Waals surface area contributed by atoms with Crippen molar-refractivity contribution in [2.24, 2.45) is 11.1 Å². The van der Waals surface area contributed by atoms with Gasteiger partial charge < -0.3 is 5.73 Å². The number of aromatic nitrogens is 2. The highest BCUT2D eigenvalue weighted by Gasteiger charge is 2.21. The van der Waals surface area contributed by atoms with Gasteiger partial charge in [0.25, 0.3) is 0 Å². The summed E-state index contributed by atoms with van der Waals surface area (Å²) in [6.07, 6.45) is 2.01. The minimum atomic E-state index is 0.213. The van der Waals surface area contributed by atoms with Crippen molar-refractivity contribution in [3.05, 3.63) is 30.0 Å². The Hall–Kier alpha value is -1.35. The standard InChI is InChI=1S/C15H23N3/c1-4-18-14-8-6-5-7-12(14)13(17-18)11-15(2,3)9-10-16/h5-8H,4,9-11,16H2,1-3H3. The van der Waals surface area contributed by atoms with E-state index in [9.17, 15) is 0 Å². The molecule has 0 amide bonds. The zero-order chi connectivity index (χ0) is 13.2. The van der Waals surface area contributed by atoms with E-state index in [1.165, 1.54) is 16.6 Å². The molecule has 98 valence electrons. The van der Waals surface area contributed by atoms with Crippen LogP contribution in [-0.4, -0.2) is 16.3 Å². The van der Waals surface area contributed by atoms with E-state index < -0.39 is 0 Å². The van der Waals surface area contributed by atoms with E-state index in [1.54, 1.807) is 0 Å². The number of aryl methyl sites for hydroxylation is 1. The monoisotopic (exact) mass is 245 g/mol. The van der Waals surface area contributed by atoms with Gasteiger partial charge in [-0.05, 0) is 37.8 Å². The highest BCUT2D eigenvalue weighted by atomic mass is 15.3. The average molecular weight is 245 g/mol. The van der Waals surface area contributed by atoms with E-state index in [0.29, 0.717) is 0 Å². The summed E-state index contributed by atoms with van der Waals surface area (Å²) in [4.78, 5) is 0. The van der Waals surface area contributed by atoms with E-state index in [1.807, 2.05) is 0 Å². The second kappa shape index (κ2) is 5.11. The second-order valence-corrected chi connectivity index (χ2v) is 5.66. The lowest BCUT2D eigenvalue weighted by Gasteiger charge is -2.22. The first kappa shape index (κ1) is 13.1. The molecule has 0 atom stereocenters. The molecule has 3 nitrogen and oxygen atoms in total. The van der Waals surface area contributed by atoms with Gasteiger partial charge in [-0.2, -0.15) is 5.10 Å². The molecule has 2 rings (SSSR count). The number of nitrogens with two attached hydrogens (primary N) is 1. The predicted octanol–water partition coefficient (Wildman–Crippen LogP) is 2.97. The van der Waals surface area contributed by atoms with Crippen LogP contribution in [-0.2, 0) is 13.0 Å². The maximum absolute atomic E-state index is 5.69. The lowest BCUT2D eigenvalue weighted by molar-refractivity contribution is 0.335. The van der Waals surface area contributed by atoms with Crippen LogP contribution >= 0.6 is 0 Å². The molecule has 0 spiro atoms. The van der Waals surface area contributed by atoms with Gasteiger partial charge in [0.2, 0.25) is 0 Å². The van der Waals surface area contributed by atoms with Gasteiger partial charge in [0.1, 0.15) is 0 Å². The third-order valence-corrected chi connectivity index (χ3v) is 3.50. The molecule has 1 aromatic heterocycles. The highest BCUT2D eigenvalue weighted by molar-refractivity contribution is 5.82. The molecule has 0 aliphatic rings. The second-order valence-electron chi connectivity index (χ2n) is 5.66. The van der Waals surface area contributed by atoms with Gasteiger partial charge in [0.05, 0.1) is 11.2 Å². The van der Waals surface area contributed by atoms with Gasteiger partial charge in [0, 0.05) is 11.9 Å². The quantitative estimate of drug-likeness (QED) is 0.880. The predicted molar refractivity (Wildman–Crippen MR) is 76.6 cm³/mol. The normalized spacial score (nSPS) is 12.2. The van der Waals surface area contributed by atoms with E-state index in [4.69, 9.17) is 10.8 Å². The molecule has 0 radical (unpaired) electrons. The van der Waals surface area contributed by atoms with Gasteiger partial charge in [0.15, 0.2) is 0 Å². The smallest absolute Gasteiger partial charge is 0.0708 e. The van der Waals surface area contributed by atoms with Crippen molar-refractivity contribution in [3.63, 3.8) is 0 Å². The minimum absolute atomic E-state index is 0.213. The van der Waals surface area contributed by atoms with E-state index in [0.717, 1.165) is 25.9 Å². The molecule has 0 aliphatic heterocycles. The Kier molecular flexibility index (Phi) is 3.71. The van der Waals surface area contributed by atoms with Crippen LogP contribution in [0.5, 0.6) is 0 Å². The lowest BCUT2D eigenvalue weighted by atomic mass is 9.84. The van der Waals surface area contributed by atoms with E-state index in [-0.39, 0.29) is 5.41 Å². The third-order valence-electron chi connectivity index (χ3n) is 3.50. The molecule has 3 heteroatoms. The summed E-state index contributed by atoms with van der Waals surface area (Å²) in [7, 11) is 0. The number of para-hydroxylation sites is 1. The summed E-state index contributed by atoms with van der Waals surface area (Å²) >= 11 is 0. The van der Waals surface area contributed by atoms with Crippen molar-refractivity contribution in [2.75, 3.05) is 6.54 Å². The number of rotatable bonds is 5. The zero-order valence-electron chi connectivity index (χ0n) is 11.6. The van der Waals surface area contributed by atoms with Crippen molar-refractivity contribution in [1.29, 1.82) is 0 Å². The van der Waals surface area contributed by atoms with Crippen molar-refractivity contribution in [3.8, 4) is 0 Å². The van der Waals surface area contributed by atoms with Crippen LogP contribution in [0.4, 0.5) is 0 Å². The van der Waals surface area contributed by atoms with Crippen LogP contribution in [0.3, 0.4) is 0 Å². The Bertz CT molecular complexity index is 526. The summed E-state index contributed by atoms with van der Waals surface area (Å²) in [5.41, 5.74) is 8.33. The van der Waals surface area contributed by atoms with Crippen molar-refractivity contribution in [2.45, 2.75) is 40.2 Å². The summed E-state index contributed by atoms with van der Waals surface area (Å²) in [6.45, 7) is 8.31. The molecule has 0 unspecified atom stereocenters. The topological polar surface area (TPSA) is 43.8 Å². The molecule has 1 heterocycles. The third kappa shape index (κ3) is 2.56. The summed E-state index contributed by atoms with van der Waals surface area (Å²) in [5.74, 6) is 0. The van der Waals surface area contributed by atoms with Crippen LogP contribution in [0.1, 0.15) is 32.9 Å². The molecule has 0 fully saturated rings. The lowest BCUT2D eigenvalue weighted by Crippen LogP contribution is -2.20. The highest BCUT2D eigenvalue weighted by Crippen LogP contribution is 2.28. The first-order valence-electron chi connectivity index (χ1n) is 6.72. The van der Waals surface area contributed by atoms with Gasteiger partial charge in [-0.1, -0.05) is 32.0 Å². The van der Waals surface area contributed by atoms with Crippen LogP contribution in [0.15, 0.2) is 24.3 Å². The molecule has 2 N–H and O–H groups in total. The Balaban J connectivity index is 2.39. The van der Waals surface area contributed by atoms with Gasteiger partial charge in [-0.3, -0.25) is 4.68 Å². The number of benzene rings is 1. The van der Waals surface area contributed by atoms with Crippen molar-refractivity contribution < 1.29 is 0 Å². The Morgan fingerprint density at radius 3 is 2.67 bits per heavy atom. The summed E-state index contributed by atoms with van der Waals surface area (Å²) in [5, 5.41) is 6.03. The fraction of sp³-hybridized carbons (Fsp3) is 0.533. The Labute approximate surface area is 109 Å². The average Bonchev–Trinajstić information content (AvgIpc) is 2.67. The fourth-order valence-corrected chi connectivity index (χ4v) is 2.50. The van der Waals surface area contributed by atoms with E-state index >= 15 is 0 Å². The Morgan fingerprint density at radius 1 is 1.28 bits per heavy atom. The minimum Gasteiger partial charge on any atom is -0.330 e. The molecule has 18 heavy (non-hydrogen) atoms. The van der Waals surface area contributed by atoms with Crippen LogP contribution in [0.2, 0.25) is 0 Å². The Morgan fingerprint density at radius 2 is 2.00 bits per heavy atom. The molecule has 0 saturated heterocycles. The summed E-state index contributed by atoms with van der Waals surface area (Å²) in [6, 6.07) is 8.47. The van der Waals surface area contributed by atoms with E-state index in [2.05, 4.69) is 49.7 Å². The molecule has 0 bridgehead atoms. The number of nitrogens with zero attached hydrogens (tertiary/aromatic N) is 2. The molecule has 0 saturated carbocycles. The van der Waals surface area contributed by atoms with Gasteiger partial charge in [-0.25, -0.2) is 0 Å². The molecular formula is C15H23N3. The van der Waals surface area contributed by atoms with Crippen LogP contribution in [0, 0.1) is 5.41 Å². The molecule has 0 aliphatic carbocycles. The zero-order valence-corrected chi connectivity index (χ0v) is 11.6. The fourth-order valence-electron chi connectivity index (χ4n) is 2.50. The van der Waals surface area contributed by atoms with Gasteiger partial charge in [-0.15, -0.1) is 0 Å². The first-order chi connectivity index (χ1) is 8.57. The maximum atomic E-state index is 5.69.